The molecule has 1 rings (SSSR count). The van der Waals surface area contributed by atoms with Crippen molar-refractivity contribution < 1.29 is 24.5 Å². The molecule has 0 unspecified atom stereocenters. The van der Waals surface area contributed by atoms with Gasteiger partial charge in [0.15, 0.2) is 0 Å². The highest BCUT2D eigenvalue weighted by atomic mass is 16.6. The topological polar surface area (TPSA) is 83.8 Å². The van der Waals surface area contributed by atoms with Crippen LogP contribution in [0.25, 0.3) is 0 Å². The van der Waals surface area contributed by atoms with Gasteiger partial charge in [-0.25, -0.2) is 4.79 Å². The van der Waals surface area contributed by atoms with Gasteiger partial charge in [-0.1, -0.05) is 0 Å². The summed E-state index contributed by atoms with van der Waals surface area (Å²) in [6.45, 7) is 0. The van der Waals surface area contributed by atoms with Crippen LogP contribution in [0.5, 0.6) is 0 Å². The highest BCUT2D eigenvalue weighted by Gasteiger charge is 2.38. The molecule has 1 aliphatic heterocycles. The van der Waals surface area contributed by atoms with Crippen molar-refractivity contribution in [1.82, 2.24) is 0 Å². The molecule has 1 fully saturated rings. The maximum atomic E-state index is 10.3. The number of carbonyl (C=O) groups is 2. The molecule has 5 heteroatoms. The summed E-state index contributed by atoms with van der Waals surface area (Å²) in [4.78, 5) is 20.4. The number of aliphatic hydroxyl groups is 1. The lowest BCUT2D eigenvalue weighted by Crippen LogP contribution is -2.29. The second kappa shape index (κ2) is 2.26. The molecule has 10 heavy (non-hydrogen) atoms. The second-order valence-electron chi connectivity index (χ2n) is 2.02. The number of aliphatic hydroxyl groups excluding tert-OH is 1. The Balaban J connectivity index is 2.63. The van der Waals surface area contributed by atoms with Gasteiger partial charge in [0.1, 0.15) is 6.10 Å². The minimum absolute atomic E-state index is 0.225. The minimum Gasteiger partial charge on any atom is -0.478 e. The highest BCUT2D eigenvalue weighted by Crippen LogP contribution is 2.14. The number of carboxylic acids is 1. The van der Waals surface area contributed by atoms with E-state index in [0.29, 0.717) is 0 Å². The normalized spacial score (nSPS) is 31.9. The van der Waals surface area contributed by atoms with Crippen molar-refractivity contribution in [3.63, 3.8) is 0 Å². The van der Waals surface area contributed by atoms with Gasteiger partial charge in [0.05, 0.1) is 6.42 Å². The number of carboxylic acid groups (broad SMARTS) is 1. The summed E-state index contributed by atoms with van der Waals surface area (Å²) in [7, 11) is 0. The van der Waals surface area contributed by atoms with Crippen LogP contribution in [0.2, 0.25) is 0 Å². The molecule has 2 N–H and O–H groups in total. The monoisotopic (exact) mass is 146 g/mol. The van der Waals surface area contributed by atoms with E-state index in [1.807, 2.05) is 0 Å². The molecule has 0 radical (unpaired) electrons. The average Bonchev–Trinajstić information content (AvgIpc) is 2.10. The van der Waals surface area contributed by atoms with E-state index in [1.54, 1.807) is 0 Å². The molecule has 0 aliphatic carbocycles. The Morgan fingerprint density at radius 1 is 1.70 bits per heavy atom. The smallest absolute Gasteiger partial charge is 0.347 e. The summed E-state index contributed by atoms with van der Waals surface area (Å²) in [6.07, 6.45) is -2.78. The average molecular weight is 146 g/mol. The molecule has 0 spiro atoms. The molecule has 1 aliphatic rings. The van der Waals surface area contributed by atoms with E-state index in [2.05, 4.69) is 4.74 Å². The van der Waals surface area contributed by atoms with Crippen LogP contribution < -0.4 is 0 Å². The van der Waals surface area contributed by atoms with Gasteiger partial charge in [0.25, 0.3) is 0 Å². The predicted octanol–water partition coefficient (Wildman–Crippen LogP) is -1.25. The first-order chi connectivity index (χ1) is 4.61. The lowest BCUT2D eigenvalue weighted by Gasteiger charge is -2.05. The van der Waals surface area contributed by atoms with Crippen LogP contribution in [0, 0.1) is 0 Å². The van der Waals surface area contributed by atoms with Crippen LogP contribution in [-0.4, -0.2) is 34.4 Å². The number of hydrogen-bond donors (Lipinski definition) is 2. The van der Waals surface area contributed by atoms with E-state index in [1.165, 1.54) is 0 Å². The summed E-state index contributed by atoms with van der Waals surface area (Å²) < 4.78 is 4.25. The van der Waals surface area contributed by atoms with E-state index in [0.717, 1.165) is 0 Å². The Morgan fingerprint density at radius 3 is 2.50 bits per heavy atom. The van der Waals surface area contributed by atoms with Gasteiger partial charge in [-0.15, -0.1) is 0 Å². The fourth-order valence-electron chi connectivity index (χ4n) is 0.761. The van der Waals surface area contributed by atoms with Crippen LogP contribution >= 0.6 is 0 Å². The Labute approximate surface area is 56.2 Å². The second-order valence-corrected chi connectivity index (χ2v) is 2.02. The molecule has 56 valence electrons. The summed E-state index contributed by atoms with van der Waals surface area (Å²) in [5, 5.41) is 17.1. The SMILES string of the molecule is O=C1C[C@@H](O)[C@H](C(=O)O)O1. The van der Waals surface area contributed by atoms with E-state index < -0.39 is 24.1 Å². The number of carbonyl (C=O) groups excluding carboxylic acids is 1. The zero-order valence-electron chi connectivity index (χ0n) is 4.98. The first kappa shape index (κ1) is 7.01. The fraction of sp³-hybridized carbons (Fsp3) is 0.600. The maximum absolute atomic E-state index is 10.3. The summed E-state index contributed by atoms with van der Waals surface area (Å²) >= 11 is 0. The van der Waals surface area contributed by atoms with E-state index in [9.17, 15) is 9.59 Å². The van der Waals surface area contributed by atoms with E-state index >= 15 is 0 Å². The van der Waals surface area contributed by atoms with Gasteiger partial charge < -0.3 is 14.9 Å². The first-order valence-corrected chi connectivity index (χ1v) is 2.71. The molecule has 0 amide bonds. The van der Waals surface area contributed by atoms with E-state index in [4.69, 9.17) is 10.2 Å². The molecular weight excluding hydrogens is 140 g/mol. The molecule has 0 aromatic carbocycles. The Hall–Kier alpha value is -1.10. The number of ether oxygens (including phenoxy) is 1. The van der Waals surface area contributed by atoms with Crippen molar-refractivity contribution in [3.8, 4) is 0 Å². The van der Waals surface area contributed by atoms with Crippen LogP contribution in [0.1, 0.15) is 6.42 Å². The third-order valence-electron chi connectivity index (χ3n) is 1.23. The first-order valence-electron chi connectivity index (χ1n) is 2.71. The van der Waals surface area contributed by atoms with Crippen LogP contribution in [0.4, 0.5) is 0 Å². The van der Waals surface area contributed by atoms with Gasteiger partial charge in [0.2, 0.25) is 6.10 Å². The number of rotatable bonds is 1. The molecule has 5 nitrogen and oxygen atoms in total. The lowest BCUT2D eigenvalue weighted by molar-refractivity contribution is -0.159. The molecule has 1 heterocycles. The number of cyclic esters (lactones) is 1. The summed E-state index contributed by atoms with van der Waals surface area (Å²) in [5.74, 6) is -1.97. The van der Waals surface area contributed by atoms with Crippen molar-refractivity contribution >= 4 is 11.9 Å². The largest absolute Gasteiger partial charge is 0.478 e. The van der Waals surface area contributed by atoms with Gasteiger partial charge >= 0.3 is 11.9 Å². The van der Waals surface area contributed by atoms with Crippen LogP contribution in [0.15, 0.2) is 0 Å². The van der Waals surface area contributed by atoms with E-state index in [-0.39, 0.29) is 6.42 Å². The molecule has 0 saturated carbocycles. The summed E-state index contributed by atoms with van der Waals surface area (Å²) in [6, 6.07) is 0. The maximum Gasteiger partial charge on any atom is 0.347 e. The third-order valence-corrected chi connectivity index (χ3v) is 1.23. The molecule has 0 aromatic rings. The number of aliphatic carboxylic acids is 1. The third kappa shape index (κ3) is 1.08. The standard InChI is InChI=1S/C5H6O5/c6-2-1-3(7)10-4(2)5(8)9/h2,4,6H,1H2,(H,8,9)/t2-,4-/m1/s1. The van der Waals surface area contributed by atoms with Crippen molar-refractivity contribution in [2.75, 3.05) is 0 Å². The quantitative estimate of drug-likeness (QED) is 0.451. The lowest BCUT2D eigenvalue weighted by atomic mass is 10.2. The molecule has 0 aromatic heterocycles. The zero-order chi connectivity index (χ0) is 7.72. The number of esters is 1. The Bertz CT molecular complexity index is 175. The predicted molar refractivity (Wildman–Crippen MR) is 28.1 cm³/mol. The molecule has 2 atom stereocenters. The van der Waals surface area contributed by atoms with Crippen LogP contribution in [0.3, 0.4) is 0 Å². The Morgan fingerprint density at radius 2 is 2.30 bits per heavy atom. The minimum atomic E-state index is -1.37. The zero-order valence-corrected chi connectivity index (χ0v) is 4.98. The van der Waals surface area contributed by atoms with Crippen molar-refractivity contribution in [2.24, 2.45) is 0 Å². The van der Waals surface area contributed by atoms with Gasteiger partial charge in [-0.05, 0) is 0 Å². The summed E-state index contributed by atoms with van der Waals surface area (Å²) in [5.41, 5.74) is 0. The number of hydrogen-bond acceptors (Lipinski definition) is 4. The van der Waals surface area contributed by atoms with Crippen LogP contribution in [-0.2, 0) is 14.3 Å². The van der Waals surface area contributed by atoms with Gasteiger partial charge in [-0.3, -0.25) is 4.79 Å². The highest BCUT2D eigenvalue weighted by molar-refractivity contribution is 5.82. The van der Waals surface area contributed by atoms with Gasteiger partial charge in [-0.2, -0.15) is 0 Å². The molecular formula is C5H6O5. The molecule has 0 bridgehead atoms. The molecule has 1 saturated heterocycles. The fourth-order valence-corrected chi connectivity index (χ4v) is 0.761. The van der Waals surface area contributed by atoms with Crippen molar-refractivity contribution in [1.29, 1.82) is 0 Å². The van der Waals surface area contributed by atoms with Crippen molar-refractivity contribution in [2.45, 2.75) is 18.6 Å². The Kier molecular flexibility index (Phi) is 1.58. The van der Waals surface area contributed by atoms with Crippen molar-refractivity contribution in [3.05, 3.63) is 0 Å². The van der Waals surface area contributed by atoms with Gasteiger partial charge in [0, 0.05) is 0 Å².